The lowest BCUT2D eigenvalue weighted by Crippen LogP contribution is -2.19. The highest BCUT2D eigenvalue weighted by Gasteiger charge is 2.06. The predicted octanol–water partition coefficient (Wildman–Crippen LogP) is 3.30. The van der Waals surface area contributed by atoms with E-state index in [0.717, 1.165) is 11.4 Å². The van der Waals surface area contributed by atoms with Crippen LogP contribution in [0.4, 0.5) is 11.4 Å². The van der Waals surface area contributed by atoms with Crippen molar-refractivity contribution < 1.29 is 9.59 Å². The van der Waals surface area contributed by atoms with Crippen molar-refractivity contribution in [1.29, 1.82) is 0 Å². The molecule has 0 saturated heterocycles. The minimum absolute atomic E-state index is 0.329. The Bertz CT molecular complexity index is 607. The Balaban J connectivity index is 0.000000194. The number of imide groups is 1. The molecule has 3 rings (SSSR count). The number of hydrogen-bond donors (Lipinski definition) is 1. The van der Waals surface area contributed by atoms with Crippen LogP contribution in [0.1, 0.15) is 0 Å². The zero-order valence-electron chi connectivity index (χ0n) is 11.1. The maximum atomic E-state index is 10.0. The highest BCUT2D eigenvalue weighted by molar-refractivity contribution is 6.12. The van der Waals surface area contributed by atoms with E-state index in [2.05, 4.69) is 10.2 Å². The number of hydrogen-bond acceptors (Lipinski definition) is 4. The topological polar surface area (TPSA) is 70.9 Å². The highest BCUT2D eigenvalue weighted by Crippen LogP contribution is 2.16. The van der Waals surface area contributed by atoms with E-state index in [1.807, 2.05) is 66.0 Å². The third-order valence-corrected chi connectivity index (χ3v) is 2.43. The molecule has 0 fully saturated rings. The Kier molecular flexibility index (Phi) is 5.11. The quantitative estimate of drug-likeness (QED) is 0.676. The number of carbonyl (C=O) groups excluding carboxylic acids is 2. The summed E-state index contributed by atoms with van der Waals surface area (Å²) in [6.07, 6.45) is 2.39. The highest BCUT2D eigenvalue weighted by atomic mass is 16.2. The third-order valence-electron chi connectivity index (χ3n) is 2.43. The van der Waals surface area contributed by atoms with Gasteiger partial charge in [-0.25, -0.2) is 0 Å². The van der Waals surface area contributed by atoms with E-state index in [9.17, 15) is 9.59 Å². The van der Waals surface area contributed by atoms with E-state index < -0.39 is 0 Å². The Hall–Kier alpha value is -3.08. The predicted molar refractivity (Wildman–Crippen MR) is 79.3 cm³/mol. The van der Waals surface area contributed by atoms with Gasteiger partial charge < -0.3 is 0 Å². The molecule has 0 unspecified atom stereocenters. The molecule has 0 bridgehead atoms. The van der Waals surface area contributed by atoms with Crippen molar-refractivity contribution in [3.05, 3.63) is 72.8 Å². The summed E-state index contributed by atoms with van der Waals surface area (Å²) in [4.78, 5) is 20.1. The Morgan fingerprint density at radius 2 is 1.00 bits per heavy atom. The average molecular weight is 279 g/mol. The van der Waals surface area contributed by atoms with Crippen LogP contribution in [0.25, 0.3) is 0 Å². The van der Waals surface area contributed by atoms with Gasteiger partial charge >= 0.3 is 0 Å². The molecule has 0 aliphatic carbocycles. The molecule has 21 heavy (non-hydrogen) atoms. The maximum absolute atomic E-state index is 10.0. The smallest absolute Gasteiger partial charge is 0.250 e. The van der Waals surface area contributed by atoms with E-state index in [1.165, 1.54) is 12.2 Å². The van der Waals surface area contributed by atoms with Gasteiger partial charge in [-0.1, -0.05) is 36.4 Å². The minimum atomic E-state index is -0.329. The van der Waals surface area contributed by atoms with Crippen molar-refractivity contribution in [2.45, 2.75) is 0 Å². The second-order valence-electron chi connectivity index (χ2n) is 4.06. The second-order valence-corrected chi connectivity index (χ2v) is 4.06. The maximum Gasteiger partial charge on any atom is 0.250 e. The van der Waals surface area contributed by atoms with Crippen LogP contribution in [0.2, 0.25) is 0 Å². The van der Waals surface area contributed by atoms with Crippen LogP contribution < -0.4 is 5.32 Å². The van der Waals surface area contributed by atoms with Crippen molar-refractivity contribution in [2.75, 3.05) is 0 Å². The van der Waals surface area contributed by atoms with Gasteiger partial charge in [-0.2, -0.15) is 10.2 Å². The van der Waals surface area contributed by atoms with Crippen molar-refractivity contribution in [3.63, 3.8) is 0 Å². The molecular formula is C16H13N3O2. The number of azo groups is 1. The van der Waals surface area contributed by atoms with Crippen LogP contribution >= 0.6 is 0 Å². The third kappa shape index (κ3) is 5.20. The van der Waals surface area contributed by atoms with Gasteiger partial charge in [0.2, 0.25) is 0 Å². The SMILES string of the molecule is O=C1C=CC(=O)N1.c1ccc(/N=N/c2ccccc2)cc1. The molecule has 0 atom stereocenters. The standard InChI is InChI=1S/C12H10N2.C4H3NO2/c1-3-7-11(8-4-1)13-14-12-9-5-2-6-10-12;6-3-1-2-4(7)5-3/h1-10H;1-2H,(H,5,6,7)/b14-13+;. The van der Waals surface area contributed by atoms with Crippen molar-refractivity contribution >= 4 is 23.2 Å². The number of carbonyl (C=O) groups is 2. The van der Waals surface area contributed by atoms with E-state index in [4.69, 9.17) is 0 Å². The molecule has 0 aromatic heterocycles. The van der Waals surface area contributed by atoms with Gasteiger partial charge in [0, 0.05) is 12.2 Å². The first-order valence-corrected chi connectivity index (χ1v) is 6.29. The van der Waals surface area contributed by atoms with Gasteiger partial charge in [0.1, 0.15) is 0 Å². The molecule has 1 N–H and O–H groups in total. The molecule has 1 aliphatic rings. The van der Waals surface area contributed by atoms with Gasteiger partial charge in [-0.15, -0.1) is 0 Å². The van der Waals surface area contributed by atoms with E-state index in [-0.39, 0.29) is 11.8 Å². The molecule has 0 radical (unpaired) electrons. The van der Waals surface area contributed by atoms with Crippen LogP contribution in [-0.2, 0) is 9.59 Å². The number of nitrogens with one attached hydrogen (secondary N) is 1. The minimum Gasteiger partial charge on any atom is -0.289 e. The fourth-order valence-corrected chi connectivity index (χ4v) is 1.46. The average Bonchev–Trinajstić information content (AvgIpc) is 2.91. The Morgan fingerprint density at radius 3 is 1.29 bits per heavy atom. The van der Waals surface area contributed by atoms with Crippen molar-refractivity contribution in [2.24, 2.45) is 10.2 Å². The number of rotatable bonds is 2. The zero-order valence-corrected chi connectivity index (χ0v) is 11.1. The molecule has 2 aromatic carbocycles. The summed E-state index contributed by atoms with van der Waals surface area (Å²) in [5.74, 6) is -0.657. The van der Waals surface area contributed by atoms with Crippen molar-refractivity contribution in [3.8, 4) is 0 Å². The number of amides is 2. The van der Waals surface area contributed by atoms with Gasteiger partial charge in [0.25, 0.3) is 11.8 Å². The molecule has 1 heterocycles. The molecule has 0 spiro atoms. The van der Waals surface area contributed by atoms with Gasteiger partial charge in [0.15, 0.2) is 0 Å². The lowest BCUT2D eigenvalue weighted by molar-refractivity contribution is -0.123. The lowest BCUT2D eigenvalue weighted by atomic mass is 10.3. The lowest BCUT2D eigenvalue weighted by Gasteiger charge is -1.91. The van der Waals surface area contributed by atoms with Crippen LogP contribution in [0.5, 0.6) is 0 Å². The first-order valence-electron chi connectivity index (χ1n) is 6.29. The summed E-state index contributed by atoms with van der Waals surface area (Å²) < 4.78 is 0. The first-order chi connectivity index (χ1) is 10.2. The molecule has 2 aromatic rings. The van der Waals surface area contributed by atoms with E-state index in [0.29, 0.717) is 0 Å². The molecule has 104 valence electrons. The van der Waals surface area contributed by atoms with E-state index >= 15 is 0 Å². The number of benzene rings is 2. The molecular weight excluding hydrogens is 266 g/mol. The zero-order chi connectivity index (χ0) is 14.9. The monoisotopic (exact) mass is 279 g/mol. The molecule has 5 heteroatoms. The molecule has 2 amide bonds. The largest absolute Gasteiger partial charge is 0.289 e. The number of nitrogens with zero attached hydrogens (tertiary/aromatic N) is 2. The summed E-state index contributed by atoms with van der Waals surface area (Å²) in [7, 11) is 0. The summed E-state index contributed by atoms with van der Waals surface area (Å²) in [5, 5.41) is 10.2. The van der Waals surface area contributed by atoms with Crippen molar-refractivity contribution in [1.82, 2.24) is 5.32 Å². The van der Waals surface area contributed by atoms with Crippen LogP contribution in [0.15, 0.2) is 83.0 Å². The van der Waals surface area contributed by atoms with Gasteiger partial charge in [-0.05, 0) is 24.3 Å². The Labute approximate surface area is 122 Å². The van der Waals surface area contributed by atoms with E-state index in [1.54, 1.807) is 0 Å². The summed E-state index contributed by atoms with van der Waals surface area (Å²) in [5.41, 5.74) is 1.74. The molecule has 1 aliphatic heterocycles. The normalized spacial score (nSPS) is 13.0. The van der Waals surface area contributed by atoms with Crippen LogP contribution in [0, 0.1) is 0 Å². The summed E-state index contributed by atoms with van der Waals surface area (Å²) in [6.45, 7) is 0. The fraction of sp³-hybridized carbons (Fsp3) is 0. The van der Waals surface area contributed by atoms with Gasteiger partial charge in [-0.3, -0.25) is 14.9 Å². The molecule has 5 nitrogen and oxygen atoms in total. The second kappa shape index (κ2) is 7.49. The first kappa shape index (κ1) is 14.3. The fourth-order valence-electron chi connectivity index (χ4n) is 1.46. The molecule has 0 saturated carbocycles. The van der Waals surface area contributed by atoms with Crippen LogP contribution in [-0.4, -0.2) is 11.8 Å². The van der Waals surface area contributed by atoms with Gasteiger partial charge in [0.05, 0.1) is 11.4 Å². The summed E-state index contributed by atoms with van der Waals surface area (Å²) in [6, 6.07) is 19.4. The summed E-state index contributed by atoms with van der Waals surface area (Å²) >= 11 is 0. The Morgan fingerprint density at radius 1 is 0.619 bits per heavy atom. The van der Waals surface area contributed by atoms with Crippen LogP contribution in [0.3, 0.4) is 0 Å².